The highest BCUT2D eigenvalue weighted by molar-refractivity contribution is 5.95. The number of benzene rings is 1. The average molecular weight is 382 g/mol. The number of nitrogens with zero attached hydrogens (tertiary/aromatic N) is 3. The number of likely N-dealkylation sites (tertiary alicyclic amines) is 1. The molecule has 0 aliphatic carbocycles. The van der Waals surface area contributed by atoms with Crippen LogP contribution in [0, 0.1) is 0 Å². The molecule has 3 heterocycles. The fourth-order valence-corrected chi connectivity index (χ4v) is 3.47. The summed E-state index contributed by atoms with van der Waals surface area (Å²) in [5, 5.41) is 3.09. The zero-order valence-corrected chi connectivity index (χ0v) is 15.7. The third-order valence-electron chi connectivity index (χ3n) is 5.04. The molecule has 4 rings (SSSR count). The summed E-state index contributed by atoms with van der Waals surface area (Å²) in [6.07, 6.45) is 4.31. The van der Waals surface area contributed by atoms with Crippen LogP contribution < -0.4 is 5.32 Å². The van der Waals surface area contributed by atoms with Crippen LogP contribution in [0.2, 0.25) is 0 Å². The van der Waals surface area contributed by atoms with Gasteiger partial charge in [-0.05, 0) is 19.1 Å². The molecule has 1 spiro atoms. The second kappa shape index (κ2) is 7.65. The maximum atomic E-state index is 12.7. The summed E-state index contributed by atoms with van der Waals surface area (Å²) >= 11 is 0. The van der Waals surface area contributed by atoms with Crippen molar-refractivity contribution in [1.29, 1.82) is 0 Å². The minimum Gasteiger partial charge on any atom is -0.347 e. The van der Waals surface area contributed by atoms with Crippen LogP contribution in [0.15, 0.2) is 36.7 Å². The molecule has 2 aromatic rings. The number of anilines is 2. The lowest BCUT2D eigenvalue weighted by molar-refractivity contribution is -0.181. The molecular formula is C20H22N4O4. The van der Waals surface area contributed by atoms with Gasteiger partial charge in [-0.15, -0.1) is 0 Å². The maximum Gasteiger partial charge on any atom is 0.274 e. The molecule has 2 saturated heterocycles. The van der Waals surface area contributed by atoms with Crippen molar-refractivity contribution in [2.24, 2.45) is 0 Å². The largest absolute Gasteiger partial charge is 0.347 e. The number of ketones is 1. The maximum absolute atomic E-state index is 12.7. The molecule has 0 atom stereocenters. The number of hydrogen-bond acceptors (Lipinski definition) is 7. The Morgan fingerprint density at radius 2 is 1.86 bits per heavy atom. The van der Waals surface area contributed by atoms with Crippen molar-refractivity contribution in [2.45, 2.75) is 25.6 Å². The minimum atomic E-state index is -0.509. The second-order valence-corrected chi connectivity index (χ2v) is 6.95. The Hall–Kier alpha value is -2.84. The molecule has 2 fully saturated rings. The summed E-state index contributed by atoms with van der Waals surface area (Å²) in [5.74, 6) is -0.162. The number of Topliss-reactive ketones (excluding diaryl/α,β-unsaturated/α-hetero) is 1. The number of ether oxygens (including phenoxy) is 2. The van der Waals surface area contributed by atoms with E-state index in [9.17, 15) is 9.59 Å². The van der Waals surface area contributed by atoms with Crippen LogP contribution in [0.5, 0.6) is 0 Å². The van der Waals surface area contributed by atoms with Crippen molar-refractivity contribution in [2.75, 3.05) is 31.6 Å². The van der Waals surface area contributed by atoms with Crippen molar-refractivity contribution < 1.29 is 19.1 Å². The van der Waals surface area contributed by atoms with Crippen LogP contribution in [0.4, 0.5) is 11.5 Å². The van der Waals surface area contributed by atoms with Gasteiger partial charge >= 0.3 is 0 Å². The molecule has 0 saturated carbocycles. The first-order valence-electron chi connectivity index (χ1n) is 9.32. The van der Waals surface area contributed by atoms with Gasteiger partial charge in [0.25, 0.3) is 5.91 Å². The van der Waals surface area contributed by atoms with Crippen LogP contribution in [-0.2, 0) is 9.47 Å². The highest BCUT2D eigenvalue weighted by atomic mass is 16.7. The summed E-state index contributed by atoms with van der Waals surface area (Å²) < 4.78 is 11.4. The van der Waals surface area contributed by atoms with E-state index in [-0.39, 0.29) is 11.7 Å². The van der Waals surface area contributed by atoms with E-state index in [1.165, 1.54) is 19.3 Å². The van der Waals surface area contributed by atoms with Crippen molar-refractivity contribution in [3.8, 4) is 0 Å². The zero-order chi connectivity index (χ0) is 19.6. The molecular weight excluding hydrogens is 360 g/mol. The molecule has 8 nitrogen and oxygen atoms in total. The Morgan fingerprint density at radius 1 is 1.11 bits per heavy atom. The van der Waals surface area contributed by atoms with Gasteiger partial charge in [0.05, 0.1) is 25.6 Å². The quantitative estimate of drug-likeness (QED) is 0.812. The molecule has 1 amide bonds. The Kier molecular flexibility index (Phi) is 5.06. The van der Waals surface area contributed by atoms with E-state index in [1.807, 2.05) is 6.07 Å². The summed E-state index contributed by atoms with van der Waals surface area (Å²) in [5.41, 5.74) is 1.65. The third-order valence-corrected chi connectivity index (χ3v) is 5.04. The number of rotatable bonds is 4. The molecule has 1 aromatic heterocycles. The van der Waals surface area contributed by atoms with Crippen LogP contribution in [0.1, 0.15) is 40.6 Å². The van der Waals surface area contributed by atoms with Gasteiger partial charge in [0.15, 0.2) is 11.6 Å². The Balaban J connectivity index is 1.38. The molecule has 28 heavy (non-hydrogen) atoms. The van der Waals surface area contributed by atoms with E-state index < -0.39 is 5.79 Å². The Bertz CT molecular complexity index is 868. The minimum absolute atomic E-state index is 0.00704. The molecule has 146 valence electrons. The summed E-state index contributed by atoms with van der Waals surface area (Å²) in [6, 6.07) is 7.14. The van der Waals surface area contributed by atoms with Gasteiger partial charge < -0.3 is 19.7 Å². The van der Waals surface area contributed by atoms with E-state index in [2.05, 4.69) is 15.3 Å². The Labute approximate surface area is 162 Å². The van der Waals surface area contributed by atoms with E-state index in [0.29, 0.717) is 56.2 Å². The van der Waals surface area contributed by atoms with Gasteiger partial charge in [-0.3, -0.25) is 9.59 Å². The van der Waals surface area contributed by atoms with Gasteiger partial charge in [-0.2, -0.15) is 0 Å². The molecule has 0 unspecified atom stereocenters. The topological polar surface area (TPSA) is 93.7 Å². The lowest BCUT2D eigenvalue weighted by Crippen LogP contribution is -2.47. The number of hydrogen-bond donors (Lipinski definition) is 1. The summed E-state index contributed by atoms with van der Waals surface area (Å²) in [6.45, 7) is 3.88. The molecule has 2 aliphatic rings. The van der Waals surface area contributed by atoms with Crippen molar-refractivity contribution >= 4 is 23.2 Å². The van der Waals surface area contributed by atoms with Gasteiger partial charge in [-0.1, -0.05) is 12.1 Å². The number of piperidine rings is 1. The molecule has 1 aromatic carbocycles. The molecule has 0 bridgehead atoms. The summed E-state index contributed by atoms with van der Waals surface area (Å²) in [7, 11) is 0. The smallest absolute Gasteiger partial charge is 0.274 e. The monoisotopic (exact) mass is 382 g/mol. The van der Waals surface area contributed by atoms with Crippen LogP contribution in [0.25, 0.3) is 0 Å². The highest BCUT2D eigenvalue weighted by Gasteiger charge is 2.41. The first-order chi connectivity index (χ1) is 13.5. The van der Waals surface area contributed by atoms with Crippen molar-refractivity contribution in [3.63, 3.8) is 0 Å². The van der Waals surface area contributed by atoms with Crippen molar-refractivity contribution in [1.82, 2.24) is 14.9 Å². The zero-order valence-electron chi connectivity index (χ0n) is 15.7. The number of amides is 1. The molecule has 1 N–H and O–H groups in total. The normalized spacial score (nSPS) is 18.2. The fraction of sp³-hybridized carbons (Fsp3) is 0.400. The average Bonchev–Trinajstić information content (AvgIpc) is 3.17. The van der Waals surface area contributed by atoms with E-state index in [1.54, 1.807) is 23.1 Å². The number of carbonyl (C=O) groups is 2. The standard InChI is InChI=1S/C20H22N4O4/c1-14(25)15-3-2-4-16(11-15)23-18-13-21-17(12-22-18)19(26)24-7-5-20(6-8-24)27-9-10-28-20/h2-4,11-13H,5-10H2,1H3,(H,22,23). The van der Waals surface area contributed by atoms with E-state index in [4.69, 9.17) is 9.47 Å². The van der Waals surface area contributed by atoms with Crippen LogP contribution >= 0.6 is 0 Å². The molecule has 2 aliphatic heterocycles. The predicted molar refractivity (Wildman–Crippen MR) is 102 cm³/mol. The number of carbonyl (C=O) groups excluding carboxylic acids is 2. The van der Waals surface area contributed by atoms with Crippen LogP contribution in [-0.4, -0.2) is 58.6 Å². The summed E-state index contributed by atoms with van der Waals surface area (Å²) in [4.78, 5) is 34.4. The van der Waals surface area contributed by atoms with Gasteiger partial charge in [0.2, 0.25) is 0 Å². The van der Waals surface area contributed by atoms with Crippen LogP contribution in [0.3, 0.4) is 0 Å². The lowest BCUT2D eigenvalue weighted by atomic mass is 10.0. The first kappa shape index (κ1) is 18.5. The van der Waals surface area contributed by atoms with E-state index >= 15 is 0 Å². The predicted octanol–water partition coefficient (Wildman–Crippen LogP) is 2.40. The number of nitrogens with one attached hydrogen (secondary N) is 1. The second-order valence-electron chi connectivity index (χ2n) is 6.95. The third kappa shape index (κ3) is 3.88. The molecule has 8 heteroatoms. The van der Waals surface area contributed by atoms with Gasteiger partial charge in [0, 0.05) is 37.2 Å². The fourth-order valence-electron chi connectivity index (χ4n) is 3.47. The van der Waals surface area contributed by atoms with Gasteiger partial charge in [0.1, 0.15) is 11.5 Å². The number of aromatic nitrogens is 2. The first-order valence-corrected chi connectivity index (χ1v) is 9.32. The Morgan fingerprint density at radius 3 is 2.50 bits per heavy atom. The van der Waals surface area contributed by atoms with E-state index in [0.717, 1.165) is 5.69 Å². The van der Waals surface area contributed by atoms with Gasteiger partial charge in [-0.25, -0.2) is 9.97 Å². The molecule has 0 radical (unpaired) electrons. The highest BCUT2D eigenvalue weighted by Crippen LogP contribution is 2.31. The lowest BCUT2D eigenvalue weighted by Gasteiger charge is -2.37. The van der Waals surface area contributed by atoms with Crippen molar-refractivity contribution in [3.05, 3.63) is 47.9 Å². The SMILES string of the molecule is CC(=O)c1cccc(Nc2cnc(C(=O)N3CCC4(CC3)OCCO4)cn2)c1.